The largest absolute Gasteiger partial charge is 0.303 e. The molecule has 0 radical (unpaired) electrons. The Bertz CT molecular complexity index is 494. The van der Waals surface area contributed by atoms with Crippen LogP contribution in [0.2, 0.25) is 0 Å². The lowest BCUT2D eigenvalue weighted by molar-refractivity contribution is -0.107. The molecule has 0 heterocycles. The van der Waals surface area contributed by atoms with Crippen molar-refractivity contribution in [3.05, 3.63) is 47.5 Å². The second kappa shape index (κ2) is 4.73. The minimum Gasteiger partial charge on any atom is -0.303 e. The van der Waals surface area contributed by atoms with Crippen LogP contribution in [0.3, 0.4) is 0 Å². The van der Waals surface area contributed by atoms with Gasteiger partial charge < -0.3 is 4.79 Å². The van der Waals surface area contributed by atoms with Crippen LogP contribution in [0.4, 0.5) is 0 Å². The van der Waals surface area contributed by atoms with Gasteiger partial charge in [-0.2, -0.15) is 0 Å². The minimum atomic E-state index is -3.60. The maximum atomic E-state index is 11.9. The molecule has 0 aliphatic carbocycles. The first-order chi connectivity index (χ1) is 7.12. The predicted molar refractivity (Wildman–Crippen MR) is 57.0 cm³/mol. The van der Waals surface area contributed by atoms with Crippen molar-refractivity contribution < 1.29 is 13.2 Å². The summed E-state index contributed by atoms with van der Waals surface area (Å²) in [6.45, 7) is 3.27. The lowest BCUT2D eigenvalue weighted by atomic mass is 10.4. The molecule has 0 aliphatic rings. The van der Waals surface area contributed by atoms with Crippen molar-refractivity contribution in [2.24, 2.45) is 0 Å². The van der Waals surface area contributed by atoms with Gasteiger partial charge in [0.25, 0.3) is 0 Å². The number of sulfone groups is 1. The Morgan fingerprint density at radius 1 is 1.33 bits per heavy atom. The summed E-state index contributed by atoms with van der Waals surface area (Å²) in [7, 11) is -3.60. The molecule has 0 saturated heterocycles. The molecule has 0 aromatic heterocycles. The second-order valence-electron chi connectivity index (χ2n) is 2.79. The van der Waals surface area contributed by atoms with Gasteiger partial charge in [0.05, 0.1) is 9.80 Å². The highest BCUT2D eigenvalue weighted by atomic mass is 32.2. The standard InChI is InChI=1S/C11H10O3S/c1-2-10(8-9-12)15(13,14)11-6-4-3-5-7-11/h3-7,9H,1,8H2. The summed E-state index contributed by atoms with van der Waals surface area (Å²) in [4.78, 5) is 10.4. The third-order valence-corrected chi connectivity index (χ3v) is 3.70. The van der Waals surface area contributed by atoms with Gasteiger partial charge in [0.15, 0.2) is 0 Å². The van der Waals surface area contributed by atoms with E-state index in [9.17, 15) is 13.2 Å². The van der Waals surface area contributed by atoms with Crippen molar-refractivity contribution in [3.8, 4) is 0 Å². The monoisotopic (exact) mass is 222 g/mol. The summed E-state index contributed by atoms with van der Waals surface area (Å²) in [5.41, 5.74) is 2.29. The normalized spacial score (nSPS) is 10.4. The van der Waals surface area contributed by atoms with Crippen molar-refractivity contribution in [2.75, 3.05) is 0 Å². The van der Waals surface area contributed by atoms with E-state index < -0.39 is 9.84 Å². The van der Waals surface area contributed by atoms with Crippen LogP contribution in [-0.4, -0.2) is 14.7 Å². The summed E-state index contributed by atoms with van der Waals surface area (Å²) >= 11 is 0. The van der Waals surface area contributed by atoms with E-state index in [0.717, 1.165) is 0 Å². The molecule has 0 bridgehead atoms. The second-order valence-corrected chi connectivity index (χ2v) is 4.76. The fraction of sp³-hybridized carbons (Fsp3) is 0.0909. The van der Waals surface area contributed by atoms with E-state index in [4.69, 9.17) is 0 Å². The molecule has 1 rings (SSSR count). The fourth-order valence-electron chi connectivity index (χ4n) is 1.09. The molecule has 0 amide bonds. The quantitative estimate of drug-likeness (QED) is 0.575. The van der Waals surface area contributed by atoms with Gasteiger partial charge in [0.1, 0.15) is 6.29 Å². The average Bonchev–Trinajstić information content (AvgIpc) is 2.27. The first-order valence-electron chi connectivity index (χ1n) is 4.25. The zero-order chi connectivity index (χ0) is 11.3. The van der Waals surface area contributed by atoms with Gasteiger partial charge in [-0.15, -0.1) is 5.73 Å². The molecule has 0 atom stereocenters. The highest BCUT2D eigenvalue weighted by Crippen LogP contribution is 2.19. The SMILES string of the molecule is C=C=C(CC=O)S(=O)(=O)c1ccccc1. The highest BCUT2D eigenvalue weighted by Gasteiger charge is 2.19. The van der Waals surface area contributed by atoms with Crippen LogP contribution in [0.25, 0.3) is 0 Å². The van der Waals surface area contributed by atoms with Crippen molar-refractivity contribution in [1.82, 2.24) is 0 Å². The summed E-state index contributed by atoms with van der Waals surface area (Å²) in [6, 6.07) is 7.90. The van der Waals surface area contributed by atoms with E-state index in [-0.39, 0.29) is 16.2 Å². The van der Waals surface area contributed by atoms with Crippen LogP contribution in [0.15, 0.2) is 52.4 Å². The minimum absolute atomic E-state index is 0.0938. The van der Waals surface area contributed by atoms with Gasteiger partial charge in [0.2, 0.25) is 9.84 Å². The van der Waals surface area contributed by atoms with Crippen LogP contribution in [0.5, 0.6) is 0 Å². The fourth-order valence-corrected chi connectivity index (χ4v) is 2.37. The number of carbonyl (C=O) groups is 1. The first-order valence-corrected chi connectivity index (χ1v) is 5.74. The summed E-state index contributed by atoms with van der Waals surface area (Å²) in [6.07, 6.45) is 0.328. The van der Waals surface area contributed by atoms with E-state index in [0.29, 0.717) is 6.29 Å². The summed E-state index contributed by atoms with van der Waals surface area (Å²) < 4.78 is 23.7. The van der Waals surface area contributed by atoms with Gasteiger partial charge in [-0.25, -0.2) is 8.42 Å². The number of allylic oxidation sites excluding steroid dienone is 1. The maximum absolute atomic E-state index is 11.9. The number of carbonyl (C=O) groups excluding carboxylic acids is 1. The zero-order valence-electron chi connectivity index (χ0n) is 8.01. The van der Waals surface area contributed by atoms with Crippen molar-refractivity contribution in [1.29, 1.82) is 0 Å². The van der Waals surface area contributed by atoms with Crippen LogP contribution in [-0.2, 0) is 14.6 Å². The van der Waals surface area contributed by atoms with Gasteiger partial charge in [-0.3, -0.25) is 0 Å². The van der Waals surface area contributed by atoms with Crippen LogP contribution in [0, 0.1) is 0 Å². The van der Waals surface area contributed by atoms with Gasteiger partial charge in [-0.1, -0.05) is 24.8 Å². The number of rotatable bonds is 4. The van der Waals surface area contributed by atoms with E-state index in [1.807, 2.05) is 0 Å². The molecule has 1 aromatic rings. The highest BCUT2D eigenvalue weighted by molar-refractivity contribution is 7.95. The maximum Gasteiger partial charge on any atom is 0.210 e. The van der Waals surface area contributed by atoms with E-state index in [1.165, 1.54) is 12.1 Å². The summed E-state index contributed by atoms with van der Waals surface area (Å²) in [5, 5.41) is 0. The molecule has 0 unspecified atom stereocenters. The molecule has 15 heavy (non-hydrogen) atoms. The topological polar surface area (TPSA) is 51.2 Å². The Labute approximate surface area is 88.7 Å². The van der Waals surface area contributed by atoms with Crippen molar-refractivity contribution >= 4 is 16.1 Å². The molecule has 0 saturated carbocycles. The molecule has 0 spiro atoms. The predicted octanol–water partition coefficient (Wildman–Crippen LogP) is 1.72. The molecule has 1 aromatic carbocycles. The van der Waals surface area contributed by atoms with Crippen LogP contribution < -0.4 is 0 Å². The molecule has 0 N–H and O–H groups in total. The lowest BCUT2D eigenvalue weighted by Gasteiger charge is -2.03. The first kappa shape index (κ1) is 11.4. The Morgan fingerprint density at radius 3 is 2.40 bits per heavy atom. The number of aldehydes is 1. The Balaban J connectivity index is 3.25. The third kappa shape index (κ3) is 2.43. The van der Waals surface area contributed by atoms with Gasteiger partial charge in [0, 0.05) is 6.42 Å². The van der Waals surface area contributed by atoms with Crippen LogP contribution >= 0.6 is 0 Å². The van der Waals surface area contributed by atoms with Crippen LogP contribution in [0.1, 0.15) is 6.42 Å². The Hall–Kier alpha value is -1.64. The zero-order valence-corrected chi connectivity index (χ0v) is 8.83. The van der Waals surface area contributed by atoms with E-state index in [2.05, 4.69) is 12.3 Å². The smallest absolute Gasteiger partial charge is 0.210 e. The molecule has 0 aliphatic heterocycles. The average molecular weight is 222 g/mol. The van der Waals surface area contributed by atoms with Gasteiger partial charge in [-0.05, 0) is 12.1 Å². The Morgan fingerprint density at radius 2 is 1.93 bits per heavy atom. The van der Waals surface area contributed by atoms with Crippen molar-refractivity contribution in [2.45, 2.75) is 11.3 Å². The lowest BCUT2D eigenvalue weighted by Crippen LogP contribution is -2.04. The van der Waals surface area contributed by atoms with E-state index in [1.54, 1.807) is 18.2 Å². The molecular formula is C11H10O3S. The number of benzene rings is 1. The van der Waals surface area contributed by atoms with Gasteiger partial charge >= 0.3 is 0 Å². The van der Waals surface area contributed by atoms with Crippen molar-refractivity contribution in [3.63, 3.8) is 0 Å². The molecule has 3 nitrogen and oxygen atoms in total. The molecule has 0 fully saturated rings. The number of hydrogen-bond donors (Lipinski definition) is 0. The van der Waals surface area contributed by atoms with E-state index >= 15 is 0 Å². The molecular weight excluding hydrogens is 212 g/mol. The molecule has 4 heteroatoms. The third-order valence-electron chi connectivity index (χ3n) is 1.84. The molecule has 78 valence electrons. The summed E-state index contributed by atoms with van der Waals surface area (Å²) in [5.74, 6) is 0. The number of hydrogen-bond acceptors (Lipinski definition) is 3. The Kier molecular flexibility index (Phi) is 3.61.